The molecule has 0 heterocycles. The Bertz CT molecular complexity index is 235. The Balaban J connectivity index is 0. The molecule has 1 atom stereocenters. The molecule has 0 aliphatic carbocycles. The van der Waals surface area contributed by atoms with E-state index in [0.29, 0.717) is 0 Å². The lowest BCUT2D eigenvalue weighted by Gasteiger charge is -2.34. The molecule has 0 N–H and O–H groups in total. The van der Waals surface area contributed by atoms with Gasteiger partial charge in [0.05, 0.1) is 27.2 Å². The van der Waals surface area contributed by atoms with Gasteiger partial charge in [0.15, 0.2) is 0 Å². The van der Waals surface area contributed by atoms with Gasteiger partial charge in [-0.1, -0.05) is 97.3 Å². The summed E-state index contributed by atoms with van der Waals surface area (Å²) in [6, 6.07) is 0.868. The molecule has 0 aliphatic heterocycles. The van der Waals surface area contributed by atoms with E-state index in [-0.39, 0.29) is 12.4 Å². The maximum atomic E-state index is 2.36. The van der Waals surface area contributed by atoms with Crippen LogP contribution in [0, 0.1) is 0 Å². The summed E-state index contributed by atoms with van der Waals surface area (Å²) >= 11 is 0. The summed E-state index contributed by atoms with van der Waals surface area (Å²) in [7, 11) is 7.09. The van der Waals surface area contributed by atoms with Crippen LogP contribution in [-0.4, -0.2) is 31.7 Å². The van der Waals surface area contributed by atoms with Crippen molar-refractivity contribution in [3.05, 3.63) is 0 Å². The molecule has 0 fully saturated rings. The second-order valence-corrected chi connectivity index (χ2v) is 8.59. The molecule has 0 saturated heterocycles. The largest absolute Gasteiger partial charge is 1.00 e. The monoisotopic (exact) mass is 361 g/mol. The van der Waals surface area contributed by atoms with Crippen LogP contribution in [-0.2, 0) is 0 Å². The van der Waals surface area contributed by atoms with Crippen LogP contribution in [0.1, 0.15) is 117 Å². The van der Waals surface area contributed by atoms with Crippen molar-refractivity contribution in [3.63, 3.8) is 0 Å². The Kier molecular flexibility index (Phi) is 19.9. The highest BCUT2D eigenvalue weighted by Gasteiger charge is 2.21. The van der Waals surface area contributed by atoms with E-state index in [1.165, 1.54) is 103 Å². The first kappa shape index (κ1) is 26.5. The predicted molar refractivity (Wildman–Crippen MR) is 107 cm³/mol. The molecule has 2 heteroatoms. The van der Waals surface area contributed by atoms with Gasteiger partial charge >= 0.3 is 0 Å². The van der Waals surface area contributed by atoms with Crippen molar-refractivity contribution in [2.24, 2.45) is 0 Å². The van der Waals surface area contributed by atoms with E-state index < -0.39 is 0 Å². The Morgan fingerprint density at radius 1 is 0.500 bits per heavy atom. The molecule has 0 aromatic carbocycles. The van der Waals surface area contributed by atoms with Gasteiger partial charge in [-0.25, -0.2) is 0 Å². The Morgan fingerprint density at radius 2 is 0.875 bits per heavy atom. The summed E-state index contributed by atoms with van der Waals surface area (Å²) in [5.74, 6) is 0. The molecule has 24 heavy (non-hydrogen) atoms. The summed E-state index contributed by atoms with van der Waals surface area (Å²) < 4.78 is 1.14. The third-order valence-corrected chi connectivity index (χ3v) is 5.36. The Hall–Kier alpha value is 0.250. The van der Waals surface area contributed by atoms with Crippen molar-refractivity contribution in [1.29, 1.82) is 0 Å². The highest BCUT2D eigenvalue weighted by Crippen LogP contribution is 2.18. The quantitative estimate of drug-likeness (QED) is 0.267. The average Bonchev–Trinajstić information content (AvgIpc) is 2.49. The molecular formula is C22H48ClN. The lowest BCUT2D eigenvalue weighted by Crippen LogP contribution is -3.00. The molecule has 0 aliphatic rings. The fourth-order valence-corrected chi connectivity index (χ4v) is 3.65. The molecule has 148 valence electrons. The zero-order chi connectivity index (χ0) is 17.4. The topological polar surface area (TPSA) is 0 Å². The molecule has 0 saturated carbocycles. The summed E-state index contributed by atoms with van der Waals surface area (Å²) in [6.07, 6.45) is 23.1. The van der Waals surface area contributed by atoms with Gasteiger partial charge in [-0.2, -0.15) is 0 Å². The SMILES string of the molecule is CCCCCCCCCCCCCCCC(CCC)[N+](C)(C)C.[Cl-]. The van der Waals surface area contributed by atoms with Crippen LogP contribution in [0.5, 0.6) is 0 Å². The van der Waals surface area contributed by atoms with Crippen molar-refractivity contribution in [3.8, 4) is 0 Å². The van der Waals surface area contributed by atoms with E-state index in [0.717, 1.165) is 10.5 Å². The van der Waals surface area contributed by atoms with Crippen molar-refractivity contribution in [2.45, 2.75) is 123 Å². The van der Waals surface area contributed by atoms with E-state index >= 15 is 0 Å². The maximum Gasteiger partial charge on any atom is 0.0884 e. The number of halogens is 1. The van der Waals surface area contributed by atoms with Crippen LogP contribution in [0.4, 0.5) is 0 Å². The number of hydrogen-bond acceptors (Lipinski definition) is 0. The van der Waals surface area contributed by atoms with Crippen molar-refractivity contribution < 1.29 is 16.9 Å². The molecule has 0 aromatic rings. The third-order valence-electron chi connectivity index (χ3n) is 5.36. The molecule has 0 amide bonds. The molecular weight excluding hydrogens is 314 g/mol. The zero-order valence-electron chi connectivity index (χ0n) is 17.7. The highest BCUT2D eigenvalue weighted by molar-refractivity contribution is 4.58. The van der Waals surface area contributed by atoms with E-state index in [1.807, 2.05) is 0 Å². The maximum absolute atomic E-state index is 2.36. The fraction of sp³-hybridized carbons (Fsp3) is 1.00. The van der Waals surface area contributed by atoms with Crippen LogP contribution in [0.3, 0.4) is 0 Å². The zero-order valence-corrected chi connectivity index (χ0v) is 18.5. The normalized spacial score (nSPS) is 12.9. The predicted octanol–water partition coefficient (Wildman–Crippen LogP) is 4.35. The molecule has 0 aromatic heterocycles. The standard InChI is InChI=1S/C22H48N.ClH/c1-6-8-9-10-11-12-13-14-15-16-17-18-19-21-22(20-7-2)23(3,4)5;/h22H,6-21H2,1-5H3;1H/q+1;/p-1. The number of rotatable bonds is 17. The van der Waals surface area contributed by atoms with E-state index in [1.54, 1.807) is 0 Å². The van der Waals surface area contributed by atoms with Crippen molar-refractivity contribution in [1.82, 2.24) is 0 Å². The van der Waals surface area contributed by atoms with Crippen LogP contribution in [0.15, 0.2) is 0 Å². The summed E-state index contributed by atoms with van der Waals surface area (Å²) in [6.45, 7) is 4.62. The first-order valence-corrected chi connectivity index (χ1v) is 10.8. The van der Waals surface area contributed by atoms with E-state index in [4.69, 9.17) is 0 Å². The van der Waals surface area contributed by atoms with Crippen LogP contribution in [0.2, 0.25) is 0 Å². The van der Waals surface area contributed by atoms with Crippen molar-refractivity contribution >= 4 is 0 Å². The van der Waals surface area contributed by atoms with Crippen molar-refractivity contribution in [2.75, 3.05) is 21.1 Å². The Labute approximate surface area is 161 Å². The second-order valence-electron chi connectivity index (χ2n) is 8.59. The molecule has 0 bridgehead atoms. The molecule has 0 radical (unpaired) electrons. The number of hydrogen-bond donors (Lipinski definition) is 0. The minimum Gasteiger partial charge on any atom is -1.00 e. The lowest BCUT2D eigenvalue weighted by atomic mass is 10.00. The smallest absolute Gasteiger partial charge is 0.0884 e. The van der Waals surface area contributed by atoms with Crippen LogP contribution in [0.25, 0.3) is 0 Å². The summed E-state index contributed by atoms with van der Waals surface area (Å²) in [5, 5.41) is 0. The first-order valence-electron chi connectivity index (χ1n) is 10.8. The van der Waals surface area contributed by atoms with Gasteiger partial charge in [-0.05, 0) is 19.3 Å². The van der Waals surface area contributed by atoms with Gasteiger partial charge < -0.3 is 16.9 Å². The van der Waals surface area contributed by atoms with Gasteiger partial charge in [-0.3, -0.25) is 0 Å². The van der Waals surface area contributed by atoms with E-state index in [9.17, 15) is 0 Å². The number of quaternary nitrogens is 1. The van der Waals surface area contributed by atoms with Gasteiger partial charge in [0.2, 0.25) is 0 Å². The second kappa shape index (κ2) is 18.1. The molecule has 1 unspecified atom stereocenters. The Morgan fingerprint density at radius 3 is 1.21 bits per heavy atom. The fourth-order valence-electron chi connectivity index (χ4n) is 3.65. The minimum absolute atomic E-state index is 0. The van der Waals surface area contributed by atoms with Crippen LogP contribution < -0.4 is 12.4 Å². The minimum atomic E-state index is 0. The average molecular weight is 362 g/mol. The number of nitrogens with zero attached hydrogens (tertiary/aromatic N) is 1. The van der Waals surface area contributed by atoms with Gasteiger partial charge in [0.25, 0.3) is 0 Å². The summed E-state index contributed by atoms with van der Waals surface area (Å²) in [5.41, 5.74) is 0. The lowest BCUT2D eigenvalue weighted by molar-refractivity contribution is -0.896. The van der Waals surface area contributed by atoms with Gasteiger partial charge in [-0.15, -0.1) is 0 Å². The van der Waals surface area contributed by atoms with E-state index in [2.05, 4.69) is 35.0 Å². The molecule has 0 rings (SSSR count). The first-order chi connectivity index (χ1) is 11.0. The highest BCUT2D eigenvalue weighted by atomic mass is 35.5. The molecule has 1 nitrogen and oxygen atoms in total. The molecule has 0 spiro atoms. The van der Waals surface area contributed by atoms with Crippen LogP contribution >= 0.6 is 0 Å². The summed E-state index contributed by atoms with van der Waals surface area (Å²) in [4.78, 5) is 0. The number of unbranched alkanes of at least 4 members (excludes halogenated alkanes) is 12. The van der Waals surface area contributed by atoms with Gasteiger partial charge in [0.1, 0.15) is 0 Å². The third kappa shape index (κ3) is 17.1. The van der Waals surface area contributed by atoms with Gasteiger partial charge in [0, 0.05) is 0 Å².